The Morgan fingerprint density at radius 2 is 1.02 bits per heavy atom. The van der Waals surface area contributed by atoms with E-state index in [1.165, 1.54) is 33.4 Å². The van der Waals surface area contributed by atoms with Crippen LogP contribution in [-0.4, -0.2) is 17.9 Å². The number of nitrogens with one attached hydrogen (secondary N) is 1. The Morgan fingerprint density at radius 1 is 0.491 bits per heavy atom. The van der Waals surface area contributed by atoms with Crippen LogP contribution in [-0.2, 0) is 5.41 Å². The van der Waals surface area contributed by atoms with Crippen molar-refractivity contribution >= 4 is 17.9 Å². The molecular weight excluding hydrogens is 693 g/mol. The molecule has 0 bridgehead atoms. The van der Waals surface area contributed by atoms with Crippen LogP contribution in [0.25, 0.3) is 33.4 Å². The van der Waals surface area contributed by atoms with Gasteiger partial charge in [0.05, 0.1) is 17.0 Å². The zero-order valence-electron chi connectivity index (χ0n) is 31.0. The lowest BCUT2D eigenvalue weighted by molar-refractivity contribution is 0.769. The second-order valence-corrected chi connectivity index (χ2v) is 14.1. The summed E-state index contributed by atoms with van der Waals surface area (Å²) >= 11 is 0. The summed E-state index contributed by atoms with van der Waals surface area (Å²) in [5.41, 5.74) is 14.0. The molecule has 8 aromatic carbocycles. The van der Waals surface area contributed by atoms with Gasteiger partial charge in [0, 0.05) is 17.3 Å². The molecular formula is C53H36N4. The number of aliphatic imine (C=N–C) groups is 2. The molecule has 0 radical (unpaired) electrons. The first-order chi connectivity index (χ1) is 28.1. The van der Waals surface area contributed by atoms with E-state index in [0.29, 0.717) is 17.0 Å². The SMILES string of the molecule is N#Cc1ccc(-c2cc3c(cc2-c2ccc(C(N=Cc4ccccc4)=NC(=N)c4ccccc4)cc2)-c2ccccc2C3(c2ccccc2)c2ccccc2)cc1. The highest BCUT2D eigenvalue weighted by Gasteiger charge is 2.46. The number of nitriles is 1. The predicted molar refractivity (Wildman–Crippen MR) is 233 cm³/mol. The largest absolute Gasteiger partial charge is 0.282 e. The Hall–Kier alpha value is -7.74. The van der Waals surface area contributed by atoms with Crippen molar-refractivity contribution in [3.05, 3.63) is 251 Å². The van der Waals surface area contributed by atoms with Crippen molar-refractivity contribution in [3.63, 3.8) is 0 Å². The second-order valence-electron chi connectivity index (χ2n) is 14.1. The molecule has 0 spiro atoms. The molecule has 1 aliphatic rings. The molecule has 268 valence electrons. The second kappa shape index (κ2) is 15.2. The molecule has 1 aliphatic carbocycles. The third-order valence-electron chi connectivity index (χ3n) is 10.8. The molecule has 9 rings (SSSR count). The van der Waals surface area contributed by atoms with Crippen molar-refractivity contribution in [2.45, 2.75) is 5.41 Å². The first kappa shape index (κ1) is 35.0. The molecule has 4 heteroatoms. The number of nitrogens with zero attached hydrogens (tertiary/aromatic N) is 3. The molecule has 57 heavy (non-hydrogen) atoms. The summed E-state index contributed by atoms with van der Waals surface area (Å²) in [6.45, 7) is 0. The minimum absolute atomic E-state index is 0.139. The van der Waals surface area contributed by atoms with Gasteiger partial charge in [0.15, 0.2) is 11.7 Å². The first-order valence-electron chi connectivity index (χ1n) is 19.0. The van der Waals surface area contributed by atoms with E-state index in [1.54, 1.807) is 6.21 Å². The van der Waals surface area contributed by atoms with Crippen molar-refractivity contribution in [1.29, 1.82) is 10.7 Å². The molecule has 4 nitrogen and oxygen atoms in total. The summed E-state index contributed by atoms with van der Waals surface area (Å²) in [7, 11) is 0. The fourth-order valence-corrected chi connectivity index (χ4v) is 8.10. The Labute approximate surface area is 333 Å². The van der Waals surface area contributed by atoms with Gasteiger partial charge in [-0.25, -0.2) is 9.98 Å². The fraction of sp³-hybridized carbons (Fsp3) is 0.0189. The number of benzene rings is 8. The van der Waals surface area contributed by atoms with Crippen LogP contribution in [0.5, 0.6) is 0 Å². The highest BCUT2D eigenvalue weighted by Crippen LogP contribution is 2.58. The number of hydrogen-bond acceptors (Lipinski definition) is 2. The lowest BCUT2D eigenvalue weighted by Crippen LogP contribution is -2.28. The summed E-state index contributed by atoms with van der Waals surface area (Å²) in [4.78, 5) is 9.55. The number of hydrogen-bond donors (Lipinski definition) is 1. The van der Waals surface area contributed by atoms with Crippen LogP contribution in [0.15, 0.2) is 216 Å². The smallest absolute Gasteiger partial charge is 0.161 e. The third-order valence-corrected chi connectivity index (χ3v) is 10.8. The van der Waals surface area contributed by atoms with Gasteiger partial charge in [-0.3, -0.25) is 5.41 Å². The van der Waals surface area contributed by atoms with E-state index in [0.717, 1.165) is 33.4 Å². The van der Waals surface area contributed by atoms with Crippen LogP contribution in [0, 0.1) is 16.7 Å². The van der Waals surface area contributed by atoms with Gasteiger partial charge in [-0.15, -0.1) is 0 Å². The Balaban J connectivity index is 1.24. The molecule has 1 N–H and O–H groups in total. The van der Waals surface area contributed by atoms with E-state index in [4.69, 9.17) is 15.4 Å². The zero-order valence-corrected chi connectivity index (χ0v) is 31.0. The minimum Gasteiger partial charge on any atom is -0.282 e. The Bertz CT molecular complexity index is 2780. The fourth-order valence-electron chi connectivity index (χ4n) is 8.10. The minimum atomic E-state index is -0.552. The third kappa shape index (κ3) is 6.48. The Kier molecular flexibility index (Phi) is 9.32. The molecule has 0 unspecified atom stereocenters. The van der Waals surface area contributed by atoms with Gasteiger partial charge in [0.1, 0.15) is 0 Å². The summed E-state index contributed by atoms with van der Waals surface area (Å²) < 4.78 is 0. The van der Waals surface area contributed by atoms with Gasteiger partial charge < -0.3 is 0 Å². The monoisotopic (exact) mass is 728 g/mol. The molecule has 0 atom stereocenters. The van der Waals surface area contributed by atoms with E-state index >= 15 is 0 Å². The molecule has 8 aromatic rings. The van der Waals surface area contributed by atoms with Crippen molar-refractivity contribution in [2.24, 2.45) is 9.98 Å². The quantitative estimate of drug-likeness (QED) is 0.129. The van der Waals surface area contributed by atoms with Gasteiger partial charge in [-0.05, 0) is 85.5 Å². The highest BCUT2D eigenvalue weighted by atomic mass is 14.9. The summed E-state index contributed by atoms with van der Waals surface area (Å²) in [6, 6.07) is 73.0. The molecule has 0 saturated heterocycles. The van der Waals surface area contributed by atoms with Crippen molar-refractivity contribution < 1.29 is 0 Å². The van der Waals surface area contributed by atoms with Crippen molar-refractivity contribution in [3.8, 4) is 39.4 Å². The number of fused-ring (bicyclic) bond motifs is 3. The average molecular weight is 729 g/mol. The molecule has 0 heterocycles. The van der Waals surface area contributed by atoms with Gasteiger partial charge in [-0.2, -0.15) is 5.26 Å². The van der Waals surface area contributed by atoms with Crippen molar-refractivity contribution in [1.82, 2.24) is 0 Å². The van der Waals surface area contributed by atoms with E-state index in [-0.39, 0.29) is 5.84 Å². The number of rotatable bonds is 7. The van der Waals surface area contributed by atoms with Gasteiger partial charge >= 0.3 is 0 Å². The van der Waals surface area contributed by atoms with E-state index in [1.807, 2.05) is 97.1 Å². The highest BCUT2D eigenvalue weighted by molar-refractivity contribution is 6.13. The first-order valence-corrected chi connectivity index (χ1v) is 19.0. The van der Waals surface area contributed by atoms with Gasteiger partial charge in [0.25, 0.3) is 0 Å². The van der Waals surface area contributed by atoms with Gasteiger partial charge in [-0.1, -0.05) is 182 Å². The van der Waals surface area contributed by atoms with Crippen molar-refractivity contribution in [2.75, 3.05) is 0 Å². The average Bonchev–Trinajstić information content (AvgIpc) is 3.58. The maximum absolute atomic E-state index is 9.69. The maximum Gasteiger partial charge on any atom is 0.161 e. The maximum atomic E-state index is 9.69. The van der Waals surface area contributed by atoms with Crippen LogP contribution in [0.4, 0.5) is 0 Å². The lowest BCUT2D eigenvalue weighted by atomic mass is 9.67. The van der Waals surface area contributed by atoms with E-state index < -0.39 is 5.41 Å². The molecule has 0 aliphatic heterocycles. The zero-order chi connectivity index (χ0) is 38.6. The van der Waals surface area contributed by atoms with E-state index in [9.17, 15) is 5.26 Å². The van der Waals surface area contributed by atoms with Crippen LogP contribution in [0.1, 0.15) is 44.5 Å². The Morgan fingerprint density at radius 3 is 1.63 bits per heavy atom. The van der Waals surface area contributed by atoms with Crippen LogP contribution < -0.4 is 0 Å². The van der Waals surface area contributed by atoms with Crippen LogP contribution >= 0.6 is 0 Å². The lowest BCUT2D eigenvalue weighted by Gasteiger charge is -2.34. The predicted octanol–water partition coefficient (Wildman–Crippen LogP) is 12.1. The molecule has 0 aromatic heterocycles. The summed E-state index contributed by atoms with van der Waals surface area (Å²) in [6.07, 6.45) is 1.79. The van der Waals surface area contributed by atoms with Crippen LogP contribution in [0.3, 0.4) is 0 Å². The molecule has 0 saturated carbocycles. The van der Waals surface area contributed by atoms with Gasteiger partial charge in [0.2, 0.25) is 0 Å². The standard InChI is InChI=1S/C53H36N4/c54-35-37-25-27-39(28-26-37)47-34-50-48(45-23-13-14-24-49(45)53(50,43-19-9-3-10-20-43)44-21-11-4-12-22-44)33-46(47)40-29-31-42(32-30-40)52(56-36-38-15-5-1-6-16-38)57-51(55)41-17-7-2-8-18-41/h1-34,36,55H. The number of amidine groups is 2. The van der Waals surface area contributed by atoms with E-state index in [2.05, 4.69) is 115 Å². The topological polar surface area (TPSA) is 72.4 Å². The molecule has 0 fully saturated rings. The van der Waals surface area contributed by atoms with Crippen LogP contribution in [0.2, 0.25) is 0 Å². The molecule has 0 amide bonds. The summed E-state index contributed by atoms with van der Waals surface area (Å²) in [5, 5.41) is 18.5. The summed E-state index contributed by atoms with van der Waals surface area (Å²) in [5.74, 6) is 0.588. The normalized spacial score (nSPS) is 12.8.